The molecule has 0 unspecified atom stereocenters. The lowest BCUT2D eigenvalue weighted by atomic mass is 10.1. The van der Waals surface area contributed by atoms with Crippen LogP contribution in [0.5, 0.6) is 5.75 Å². The summed E-state index contributed by atoms with van der Waals surface area (Å²) >= 11 is 6.09. The number of hydrogen-bond acceptors (Lipinski definition) is 4. The van der Waals surface area contributed by atoms with E-state index in [1.807, 2.05) is 31.2 Å². The number of hydrogen-bond donors (Lipinski definition) is 0. The number of halogens is 1. The molecule has 5 heteroatoms. The minimum atomic E-state index is -0.419. The zero-order chi connectivity index (χ0) is 16.9. The fourth-order valence-electron chi connectivity index (χ4n) is 2.50. The Kier molecular flexibility index (Phi) is 5.18. The molecule has 0 fully saturated rings. The SMILES string of the molecule is Cc1cccc(/C=C/C(=O)OCc2cc(Cl)cc3c2OCOC3)c1. The van der Waals surface area contributed by atoms with Gasteiger partial charge in [-0.1, -0.05) is 41.4 Å². The van der Waals surface area contributed by atoms with Gasteiger partial charge < -0.3 is 14.2 Å². The van der Waals surface area contributed by atoms with E-state index in [4.69, 9.17) is 25.8 Å². The Morgan fingerprint density at radius 2 is 2.21 bits per heavy atom. The molecule has 3 rings (SSSR count). The van der Waals surface area contributed by atoms with Gasteiger partial charge >= 0.3 is 5.97 Å². The minimum absolute atomic E-state index is 0.0971. The highest BCUT2D eigenvalue weighted by Gasteiger charge is 2.17. The Morgan fingerprint density at radius 1 is 1.33 bits per heavy atom. The second-order valence-electron chi connectivity index (χ2n) is 5.52. The van der Waals surface area contributed by atoms with Crippen LogP contribution in [0.15, 0.2) is 42.5 Å². The predicted octanol–water partition coefficient (Wildman–Crippen LogP) is 4.27. The van der Waals surface area contributed by atoms with Crippen molar-refractivity contribution in [3.05, 3.63) is 69.8 Å². The summed E-state index contributed by atoms with van der Waals surface area (Å²) in [4.78, 5) is 11.9. The summed E-state index contributed by atoms with van der Waals surface area (Å²) < 4.78 is 16.0. The molecule has 0 spiro atoms. The summed E-state index contributed by atoms with van der Waals surface area (Å²) in [6.45, 7) is 2.72. The lowest BCUT2D eigenvalue weighted by Gasteiger charge is -2.20. The zero-order valence-electron chi connectivity index (χ0n) is 13.3. The third-order valence-electron chi connectivity index (χ3n) is 3.58. The van der Waals surface area contributed by atoms with Gasteiger partial charge in [-0.2, -0.15) is 0 Å². The molecule has 24 heavy (non-hydrogen) atoms. The first-order valence-corrected chi connectivity index (χ1v) is 7.93. The van der Waals surface area contributed by atoms with Crippen molar-refractivity contribution in [3.8, 4) is 5.75 Å². The van der Waals surface area contributed by atoms with Crippen molar-refractivity contribution in [3.63, 3.8) is 0 Å². The van der Waals surface area contributed by atoms with Crippen LogP contribution in [0.4, 0.5) is 0 Å². The van der Waals surface area contributed by atoms with Crippen LogP contribution in [0.1, 0.15) is 22.3 Å². The van der Waals surface area contributed by atoms with Gasteiger partial charge in [-0.3, -0.25) is 0 Å². The predicted molar refractivity (Wildman–Crippen MR) is 91.7 cm³/mol. The van der Waals surface area contributed by atoms with Gasteiger partial charge in [-0.15, -0.1) is 0 Å². The number of rotatable bonds is 4. The number of benzene rings is 2. The molecule has 0 radical (unpaired) electrons. The van der Waals surface area contributed by atoms with E-state index in [1.54, 1.807) is 18.2 Å². The van der Waals surface area contributed by atoms with E-state index in [9.17, 15) is 4.79 Å². The average Bonchev–Trinajstić information content (AvgIpc) is 2.57. The van der Waals surface area contributed by atoms with Gasteiger partial charge in [0, 0.05) is 22.2 Å². The number of esters is 1. The monoisotopic (exact) mass is 344 g/mol. The highest BCUT2D eigenvalue weighted by atomic mass is 35.5. The van der Waals surface area contributed by atoms with Crippen molar-refractivity contribution in [2.24, 2.45) is 0 Å². The van der Waals surface area contributed by atoms with Gasteiger partial charge in [0.25, 0.3) is 0 Å². The molecule has 0 N–H and O–H groups in total. The standard InChI is InChI=1S/C19H17ClO4/c1-13-3-2-4-14(7-13)5-6-18(21)23-11-16-9-17(20)8-15-10-22-12-24-19(15)16/h2-9H,10-12H2,1H3/b6-5+. The summed E-state index contributed by atoms with van der Waals surface area (Å²) in [5.74, 6) is 0.262. The molecule has 124 valence electrons. The lowest BCUT2D eigenvalue weighted by molar-refractivity contribution is -0.139. The number of carbonyl (C=O) groups is 1. The normalized spacial score (nSPS) is 13.4. The number of ether oxygens (including phenoxy) is 3. The van der Waals surface area contributed by atoms with Crippen molar-refractivity contribution >= 4 is 23.6 Å². The van der Waals surface area contributed by atoms with Crippen molar-refractivity contribution in [1.82, 2.24) is 0 Å². The van der Waals surface area contributed by atoms with Crippen LogP contribution in [-0.2, 0) is 27.5 Å². The molecule has 0 amide bonds. The van der Waals surface area contributed by atoms with Gasteiger partial charge in [0.15, 0.2) is 6.79 Å². The van der Waals surface area contributed by atoms with Crippen molar-refractivity contribution in [2.45, 2.75) is 20.1 Å². The Hall–Kier alpha value is -2.30. The average molecular weight is 345 g/mol. The van der Waals surface area contributed by atoms with E-state index in [0.717, 1.165) is 22.3 Å². The van der Waals surface area contributed by atoms with Crippen LogP contribution >= 0.6 is 11.6 Å². The highest BCUT2D eigenvalue weighted by Crippen LogP contribution is 2.32. The van der Waals surface area contributed by atoms with Crippen LogP contribution in [-0.4, -0.2) is 12.8 Å². The van der Waals surface area contributed by atoms with E-state index in [1.165, 1.54) is 6.08 Å². The molecule has 0 saturated carbocycles. The molecule has 1 heterocycles. The second-order valence-corrected chi connectivity index (χ2v) is 5.96. The second kappa shape index (κ2) is 7.51. The minimum Gasteiger partial charge on any atom is -0.467 e. The summed E-state index contributed by atoms with van der Waals surface area (Å²) in [7, 11) is 0. The zero-order valence-corrected chi connectivity index (χ0v) is 14.0. The first kappa shape index (κ1) is 16.6. The van der Waals surface area contributed by atoms with Crippen LogP contribution in [0.2, 0.25) is 5.02 Å². The first-order chi connectivity index (χ1) is 11.6. The summed E-state index contributed by atoms with van der Waals surface area (Å²) in [5.41, 5.74) is 3.68. The maximum atomic E-state index is 11.9. The maximum Gasteiger partial charge on any atom is 0.331 e. The fourth-order valence-corrected chi connectivity index (χ4v) is 2.76. The number of aryl methyl sites for hydroxylation is 1. The third kappa shape index (κ3) is 4.16. The number of carbonyl (C=O) groups excluding carboxylic acids is 1. The molecule has 0 aliphatic carbocycles. The molecule has 1 aliphatic heterocycles. The van der Waals surface area contributed by atoms with Gasteiger partial charge in [0.2, 0.25) is 0 Å². The van der Waals surface area contributed by atoms with Crippen molar-refractivity contribution in [2.75, 3.05) is 6.79 Å². The van der Waals surface area contributed by atoms with E-state index in [-0.39, 0.29) is 13.4 Å². The molecule has 2 aromatic carbocycles. The van der Waals surface area contributed by atoms with E-state index >= 15 is 0 Å². The van der Waals surface area contributed by atoms with Crippen LogP contribution < -0.4 is 4.74 Å². The van der Waals surface area contributed by atoms with Gasteiger partial charge in [-0.05, 0) is 30.7 Å². The fraction of sp³-hybridized carbons (Fsp3) is 0.211. The molecule has 0 saturated heterocycles. The van der Waals surface area contributed by atoms with Gasteiger partial charge in [-0.25, -0.2) is 4.79 Å². The topological polar surface area (TPSA) is 44.8 Å². The van der Waals surface area contributed by atoms with E-state index < -0.39 is 5.97 Å². The van der Waals surface area contributed by atoms with Gasteiger partial charge in [0.1, 0.15) is 12.4 Å². The molecule has 0 atom stereocenters. The Bertz CT molecular complexity index is 783. The molecule has 4 nitrogen and oxygen atoms in total. The van der Waals surface area contributed by atoms with E-state index in [2.05, 4.69) is 0 Å². The highest BCUT2D eigenvalue weighted by molar-refractivity contribution is 6.30. The lowest BCUT2D eigenvalue weighted by Crippen LogP contribution is -2.14. The van der Waals surface area contributed by atoms with Crippen LogP contribution in [0.3, 0.4) is 0 Å². The van der Waals surface area contributed by atoms with Crippen molar-refractivity contribution < 1.29 is 19.0 Å². The molecule has 0 bridgehead atoms. The first-order valence-electron chi connectivity index (χ1n) is 7.55. The summed E-state index contributed by atoms with van der Waals surface area (Å²) in [6.07, 6.45) is 3.14. The Labute approximate surface area is 145 Å². The molecule has 1 aliphatic rings. The van der Waals surface area contributed by atoms with Crippen molar-refractivity contribution in [1.29, 1.82) is 0 Å². The Morgan fingerprint density at radius 3 is 3.04 bits per heavy atom. The van der Waals surface area contributed by atoms with E-state index in [0.29, 0.717) is 17.4 Å². The van der Waals surface area contributed by atoms with Gasteiger partial charge in [0.05, 0.1) is 6.61 Å². The molecular weight excluding hydrogens is 328 g/mol. The molecular formula is C19H17ClO4. The third-order valence-corrected chi connectivity index (χ3v) is 3.79. The maximum absolute atomic E-state index is 11.9. The summed E-state index contributed by atoms with van der Waals surface area (Å²) in [5, 5.41) is 0.559. The Balaban J connectivity index is 1.65. The smallest absolute Gasteiger partial charge is 0.331 e. The molecule has 2 aromatic rings. The quantitative estimate of drug-likeness (QED) is 0.613. The van der Waals surface area contributed by atoms with Crippen LogP contribution in [0.25, 0.3) is 6.08 Å². The largest absolute Gasteiger partial charge is 0.467 e. The summed E-state index contributed by atoms with van der Waals surface area (Å²) in [6, 6.07) is 11.4. The molecule has 0 aromatic heterocycles. The van der Waals surface area contributed by atoms with Crippen LogP contribution in [0, 0.1) is 6.92 Å². The number of fused-ring (bicyclic) bond motifs is 1.